The van der Waals surface area contributed by atoms with Gasteiger partial charge in [0.25, 0.3) is 5.91 Å². The molecule has 0 spiro atoms. The van der Waals surface area contributed by atoms with E-state index in [2.05, 4.69) is 96.4 Å². The van der Waals surface area contributed by atoms with E-state index < -0.39 is 0 Å². The van der Waals surface area contributed by atoms with Crippen LogP contribution in [-0.4, -0.2) is 53.5 Å². The summed E-state index contributed by atoms with van der Waals surface area (Å²) in [6, 6.07) is 31.9. The molecule has 2 saturated heterocycles. The predicted molar refractivity (Wildman–Crippen MR) is 158 cm³/mol. The fourth-order valence-corrected chi connectivity index (χ4v) is 6.69. The lowest BCUT2D eigenvalue weighted by atomic mass is 9.94. The van der Waals surface area contributed by atoms with Crippen LogP contribution in [0.3, 0.4) is 0 Å². The Morgan fingerprint density at radius 2 is 1.32 bits per heavy atom. The first-order chi connectivity index (χ1) is 18.7. The summed E-state index contributed by atoms with van der Waals surface area (Å²) in [6.45, 7) is 7.06. The zero-order chi connectivity index (χ0) is 26.3. The van der Waals surface area contributed by atoms with Crippen molar-refractivity contribution in [2.75, 3.05) is 24.5 Å². The fourth-order valence-electron chi connectivity index (χ4n) is 6.69. The minimum atomic E-state index is 0.149. The number of carbonyl (C=O) groups excluding carboxylic acids is 1. The molecule has 0 N–H and O–H groups in total. The molecular weight excluding hydrogens is 466 g/mol. The highest BCUT2D eigenvalue weighted by molar-refractivity contribution is 5.94. The van der Waals surface area contributed by atoms with Crippen molar-refractivity contribution in [3.8, 4) is 0 Å². The zero-order valence-corrected chi connectivity index (χ0v) is 23.1. The molecule has 1 amide bonds. The van der Waals surface area contributed by atoms with Crippen LogP contribution >= 0.6 is 0 Å². The molecular formula is C34H43N3O. The molecule has 2 aliphatic rings. The summed E-state index contributed by atoms with van der Waals surface area (Å²) in [7, 11) is 0. The van der Waals surface area contributed by atoms with E-state index in [0.29, 0.717) is 18.1 Å². The minimum absolute atomic E-state index is 0.149. The maximum atomic E-state index is 13.2. The van der Waals surface area contributed by atoms with E-state index in [9.17, 15) is 4.79 Å². The topological polar surface area (TPSA) is 26.8 Å². The number of para-hydroxylation sites is 1. The molecule has 0 aliphatic carbocycles. The van der Waals surface area contributed by atoms with E-state index in [0.717, 1.165) is 44.5 Å². The van der Waals surface area contributed by atoms with Gasteiger partial charge in [0, 0.05) is 54.7 Å². The van der Waals surface area contributed by atoms with Crippen molar-refractivity contribution in [3.05, 3.63) is 96.1 Å². The molecule has 2 bridgehead atoms. The van der Waals surface area contributed by atoms with Gasteiger partial charge in [-0.05, 0) is 86.9 Å². The maximum Gasteiger partial charge on any atom is 0.253 e. The van der Waals surface area contributed by atoms with Gasteiger partial charge in [0.2, 0.25) is 0 Å². The van der Waals surface area contributed by atoms with E-state index in [1.807, 2.05) is 17.0 Å². The van der Waals surface area contributed by atoms with Crippen molar-refractivity contribution in [2.24, 2.45) is 0 Å². The van der Waals surface area contributed by atoms with Crippen LogP contribution in [0.2, 0.25) is 0 Å². The number of piperidine rings is 1. The molecule has 2 heterocycles. The van der Waals surface area contributed by atoms with Gasteiger partial charge in [0.05, 0.1) is 0 Å². The number of nitrogens with zero attached hydrogens (tertiary/aromatic N) is 3. The van der Waals surface area contributed by atoms with Crippen molar-refractivity contribution in [3.63, 3.8) is 0 Å². The molecule has 3 atom stereocenters. The number of fused-ring (bicyclic) bond motifs is 2. The van der Waals surface area contributed by atoms with Gasteiger partial charge in [0.1, 0.15) is 0 Å². The lowest BCUT2D eigenvalue weighted by Crippen LogP contribution is -2.50. The van der Waals surface area contributed by atoms with Crippen LogP contribution in [0, 0.1) is 0 Å². The normalized spacial score (nSPS) is 20.8. The second-order valence-electron chi connectivity index (χ2n) is 11.0. The Kier molecular flexibility index (Phi) is 8.80. The third-order valence-corrected chi connectivity index (χ3v) is 8.43. The molecule has 4 nitrogen and oxygen atoms in total. The predicted octanol–water partition coefficient (Wildman–Crippen LogP) is 7.33. The smallest absolute Gasteiger partial charge is 0.253 e. The number of benzene rings is 3. The summed E-state index contributed by atoms with van der Waals surface area (Å²) in [5.41, 5.74) is 4.66. The first-order valence-electron chi connectivity index (χ1n) is 14.7. The third-order valence-electron chi connectivity index (χ3n) is 8.43. The summed E-state index contributed by atoms with van der Waals surface area (Å²) in [5, 5.41) is 0. The lowest BCUT2D eigenvalue weighted by Gasteiger charge is -2.44. The van der Waals surface area contributed by atoms with Crippen molar-refractivity contribution in [2.45, 2.75) is 76.9 Å². The van der Waals surface area contributed by atoms with Crippen molar-refractivity contribution >= 4 is 17.3 Å². The van der Waals surface area contributed by atoms with Crippen LogP contribution in [0.15, 0.2) is 84.9 Å². The lowest BCUT2D eigenvalue weighted by molar-refractivity contribution is 0.0755. The van der Waals surface area contributed by atoms with E-state index in [1.54, 1.807) is 0 Å². The Morgan fingerprint density at radius 1 is 0.763 bits per heavy atom. The molecule has 38 heavy (non-hydrogen) atoms. The van der Waals surface area contributed by atoms with E-state index >= 15 is 0 Å². The summed E-state index contributed by atoms with van der Waals surface area (Å²) < 4.78 is 0. The number of rotatable bonds is 11. The van der Waals surface area contributed by atoms with Gasteiger partial charge in [-0.2, -0.15) is 0 Å². The van der Waals surface area contributed by atoms with Crippen LogP contribution in [0.4, 0.5) is 11.4 Å². The number of carbonyl (C=O) groups is 1. The van der Waals surface area contributed by atoms with Crippen LogP contribution in [0.5, 0.6) is 0 Å². The Hall–Kier alpha value is -3.11. The Morgan fingerprint density at radius 3 is 1.89 bits per heavy atom. The Bertz CT molecular complexity index is 1130. The largest absolute Gasteiger partial charge is 0.339 e. The first-order valence-corrected chi connectivity index (χ1v) is 14.7. The minimum Gasteiger partial charge on any atom is -0.339 e. The summed E-state index contributed by atoms with van der Waals surface area (Å²) >= 11 is 0. The third kappa shape index (κ3) is 5.96. The average Bonchev–Trinajstić information content (AvgIpc) is 3.20. The second-order valence-corrected chi connectivity index (χ2v) is 11.0. The van der Waals surface area contributed by atoms with Crippen molar-refractivity contribution in [1.82, 2.24) is 9.80 Å². The molecule has 2 aliphatic heterocycles. The quantitative estimate of drug-likeness (QED) is 0.271. The highest BCUT2D eigenvalue weighted by Gasteiger charge is 2.42. The number of hydrogen-bond acceptors (Lipinski definition) is 3. The van der Waals surface area contributed by atoms with E-state index in [4.69, 9.17) is 0 Å². The van der Waals surface area contributed by atoms with Gasteiger partial charge in [0.15, 0.2) is 0 Å². The monoisotopic (exact) mass is 509 g/mol. The summed E-state index contributed by atoms with van der Waals surface area (Å²) in [5.74, 6) is 0.149. The van der Waals surface area contributed by atoms with Gasteiger partial charge in [-0.25, -0.2) is 0 Å². The number of amides is 1. The van der Waals surface area contributed by atoms with Crippen LogP contribution in [0.1, 0.15) is 68.3 Å². The molecule has 200 valence electrons. The maximum absolute atomic E-state index is 13.2. The Balaban J connectivity index is 1.34. The number of hydrogen-bond donors (Lipinski definition) is 0. The second kappa shape index (κ2) is 12.6. The molecule has 2 fully saturated rings. The molecule has 0 aromatic heterocycles. The van der Waals surface area contributed by atoms with E-state index in [1.165, 1.54) is 42.6 Å². The van der Waals surface area contributed by atoms with Crippen molar-refractivity contribution < 1.29 is 4.79 Å². The van der Waals surface area contributed by atoms with Gasteiger partial charge in [-0.3, -0.25) is 9.69 Å². The van der Waals surface area contributed by atoms with Gasteiger partial charge in [-0.15, -0.1) is 0 Å². The SMILES string of the molecule is CCCN(CCC)C(=O)c1ccc(N(c2ccccc2)[C@@H]2C[C@H]3CC[C@@H](C2)N3CCc2ccccc2)cc1. The molecule has 0 unspecified atom stereocenters. The first kappa shape index (κ1) is 26.5. The standard InChI is InChI=1S/C34H43N3O/c1-3-22-35(23-4-2)34(38)28-15-17-30(18-16-28)37(29-13-9-6-10-14-29)33-25-31-19-20-32(26-33)36(31)24-21-27-11-7-5-8-12-27/h5-18,31-33H,3-4,19-26H2,1-2H3/t31-,32+,33-. The average molecular weight is 510 g/mol. The molecule has 4 heteroatoms. The van der Waals surface area contributed by atoms with Crippen LogP contribution in [0.25, 0.3) is 0 Å². The molecule has 5 rings (SSSR count). The van der Waals surface area contributed by atoms with Crippen molar-refractivity contribution in [1.29, 1.82) is 0 Å². The van der Waals surface area contributed by atoms with E-state index in [-0.39, 0.29) is 5.91 Å². The highest BCUT2D eigenvalue weighted by Crippen LogP contribution is 2.41. The van der Waals surface area contributed by atoms with Crippen LogP contribution in [-0.2, 0) is 6.42 Å². The van der Waals surface area contributed by atoms with Gasteiger partial charge < -0.3 is 9.80 Å². The van der Waals surface area contributed by atoms with Gasteiger partial charge >= 0.3 is 0 Å². The zero-order valence-electron chi connectivity index (χ0n) is 23.1. The molecule has 0 radical (unpaired) electrons. The molecule has 3 aromatic rings. The number of anilines is 2. The summed E-state index contributed by atoms with van der Waals surface area (Å²) in [4.78, 5) is 20.5. The fraction of sp³-hybridized carbons (Fsp3) is 0.441. The van der Waals surface area contributed by atoms with Gasteiger partial charge in [-0.1, -0.05) is 62.4 Å². The van der Waals surface area contributed by atoms with Crippen LogP contribution < -0.4 is 4.90 Å². The molecule has 3 aromatic carbocycles. The summed E-state index contributed by atoms with van der Waals surface area (Å²) in [6.07, 6.45) is 8.07. The highest BCUT2D eigenvalue weighted by atomic mass is 16.2. The Labute approximate surface area is 229 Å². The molecule has 0 saturated carbocycles.